The topological polar surface area (TPSA) is 86.3 Å². The van der Waals surface area contributed by atoms with Crippen molar-refractivity contribution in [2.45, 2.75) is 18.2 Å². The average Bonchev–Trinajstić information content (AvgIpc) is 3.37. The third-order valence-corrected chi connectivity index (χ3v) is 6.24. The number of rotatable bonds is 9. The second-order valence-electron chi connectivity index (χ2n) is 6.70. The molecule has 2 aromatic heterocycles. The Labute approximate surface area is 193 Å². The molecule has 0 fully saturated rings. The summed E-state index contributed by atoms with van der Waals surface area (Å²) in [4.78, 5) is 1.65. The highest BCUT2D eigenvalue weighted by atomic mass is 35.5. The van der Waals surface area contributed by atoms with Crippen molar-refractivity contribution < 1.29 is 0 Å². The Kier molecular flexibility index (Phi) is 7.18. The summed E-state index contributed by atoms with van der Waals surface area (Å²) in [6, 6.07) is 15.5. The van der Waals surface area contributed by atoms with E-state index in [9.17, 15) is 0 Å². The number of nitrogens with zero attached hydrogens (tertiary/aromatic N) is 7. The number of nitrogens with one attached hydrogen (secondary N) is 1. The van der Waals surface area contributed by atoms with Gasteiger partial charge in [0.2, 0.25) is 5.16 Å². The lowest BCUT2D eigenvalue weighted by Gasteiger charge is -2.05. The molecule has 0 aliphatic rings. The van der Waals surface area contributed by atoms with E-state index in [1.165, 1.54) is 0 Å². The molecule has 8 nitrogen and oxygen atoms in total. The molecule has 0 amide bonds. The van der Waals surface area contributed by atoms with Crippen LogP contribution in [0.4, 0.5) is 0 Å². The first-order valence-electron chi connectivity index (χ1n) is 9.60. The normalized spacial score (nSPS) is 11.2. The van der Waals surface area contributed by atoms with Crippen molar-refractivity contribution in [3.8, 4) is 11.3 Å². The van der Waals surface area contributed by atoms with Crippen LogP contribution in [0.1, 0.15) is 11.3 Å². The van der Waals surface area contributed by atoms with Gasteiger partial charge in [-0.25, -0.2) is 4.68 Å². The van der Waals surface area contributed by atoms with E-state index in [2.05, 4.69) is 20.8 Å². The molecule has 4 rings (SSSR count). The van der Waals surface area contributed by atoms with Gasteiger partial charge in [0.15, 0.2) is 0 Å². The first-order valence-corrected chi connectivity index (χ1v) is 11.3. The number of aryl methyl sites for hydroxylation is 1. The van der Waals surface area contributed by atoms with Crippen molar-refractivity contribution in [3.05, 3.63) is 69.8 Å². The lowest BCUT2D eigenvalue weighted by Crippen LogP contribution is -2.18. The summed E-state index contributed by atoms with van der Waals surface area (Å²) in [5.41, 5.74) is 3.50. The molecule has 0 radical (unpaired) electrons. The minimum absolute atomic E-state index is 0.396. The maximum absolute atomic E-state index is 6.33. The summed E-state index contributed by atoms with van der Waals surface area (Å²) < 4.78 is 1.66. The van der Waals surface area contributed by atoms with Crippen LogP contribution >= 0.6 is 35.0 Å². The highest BCUT2D eigenvalue weighted by molar-refractivity contribution is 7.99. The molecule has 0 bridgehead atoms. The zero-order valence-electron chi connectivity index (χ0n) is 16.7. The molecule has 0 spiro atoms. The molecule has 2 heterocycles. The van der Waals surface area contributed by atoms with Gasteiger partial charge in [-0.3, -0.25) is 0 Å². The van der Waals surface area contributed by atoms with Gasteiger partial charge in [-0.15, -0.1) is 5.10 Å². The average molecular weight is 475 g/mol. The van der Waals surface area contributed by atoms with E-state index in [-0.39, 0.29) is 0 Å². The van der Waals surface area contributed by atoms with E-state index in [0.29, 0.717) is 23.1 Å². The van der Waals surface area contributed by atoms with Crippen molar-refractivity contribution in [2.24, 2.45) is 7.05 Å². The number of aromatic nitrogens is 7. The molecule has 0 aliphatic heterocycles. The van der Waals surface area contributed by atoms with E-state index >= 15 is 0 Å². The van der Waals surface area contributed by atoms with Gasteiger partial charge in [0.1, 0.15) is 11.4 Å². The van der Waals surface area contributed by atoms with Crippen molar-refractivity contribution in [2.75, 3.05) is 12.3 Å². The second kappa shape index (κ2) is 10.2. The van der Waals surface area contributed by atoms with Crippen molar-refractivity contribution in [3.63, 3.8) is 0 Å². The highest BCUT2D eigenvalue weighted by Gasteiger charge is 2.15. The second-order valence-corrected chi connectivity index (χ2v) is 8.58. The van der Waals surface area contributed by atoms with Gasteiger partial charge in [0.25, 0.3) is 0 Å². The summed E-state index contributed by atoms with van der Waals surface area (Å²) in [5, 5.41) is 26.3. The number of tetrazole rings is 1. The number of hydrogen-bond donors (Lipinski definition) is 1. The van der Waals surface area contributed by atoms with E-state index in [1.807, 2.05) is 55.6 Å². The van der Waals surface area contributed by atoms with Gasteiger partial charge < -0.3 is 5.32 Å². The van der Waals surface area contributed by atoms with Crippen LogP contribution < -0.4 is 5.32 Å². The minimum atomic E-state index is 0.396. The van der Waals surface area contributed by atoms with Crippen LogP contribution in [0.3, 0.4) is 0 Å². The Hall–Kier alpha value is -2.46. The van der Waals surface area contributed by atoms with Crippen LogP contribution in [0, 0.1) is 0 Å². The lowest BCUT2D eigenvalue weighted by atomic mass is 10.1. The third kappa shape index (κ3) is 5.43. The Balaban J connectivity index is 1.47. The maximum Gasteiger partial charge on any atom is 0.209 e. The monoisotopic (exact) mass is 474 g/mol. The van der Waals surface area contributed by atoms with Crippen LogP contribution in [0.25, 0.3) is 11.3 Å². The number of hydrogen-bond acceptors (Lipinski definition) is 7. The molecule has 4 aromatic rings. The molecular formula is C20H20Cl2N8S. The van der Waals surface area contributed by atoms with Gasteiger partial charge in [-0.1, -0.05) is 71.4 Å². The van der Waals surface area contributed by atoms with Gasteiger partial charge >= 0.3 is 0 Å². The van der Waals surface area contributed by atoms with Crippen LogP contribution in [0.5, 0.6) is 0 Å². The summed E-state index contributed by atoms with van der Waals surface area (Å²) in [5.74, 6) is 0.832. The predicted octanol–water partition coefficient (Wildman–Crippen LogP) is 3.71. The minimum Gasteiger partial charge on any atom is -0.310 e. The molecule has 0 saturated carbocycles. The summed E-state index contributed by atoms with van der Waals surface area (Å²) >= 11 is 14.3. The van der Waals surface area contributed by atoms with Crippen LogP contribution in [0.15, 0.2) is 53.7 Å². The third-order valence-electron chi connectivity index (χ3n) is 4.52. The van der Waals surface area contributed by atoms with Crippen molar-refractivity contribution in [1.82, 2.24) is 40.5 Å². The molecule has 160 valence electrons. The Bertz CT molecular complexity index is 1130. The van der Waals surface area contributed by atoms with Crippen molar-refractivity contribution in [1.29, 1.82) is 0 Å². The molecule has 0 unspecified atom stereocenters. The first-order chi connectivity index (χ1) is 15.1. The van der Waals surface area contributed by atoms with E-state index in [1.54, 1.807) is 21.2 Å². The molecule has 31 heavy (non-hydrogen) atoms. The fourth-order valence-corrected chi connectivity index (χ4v) is 4.25. The molecular weight excluding hydrogens is 455 g/mol. The molecule has 1 N–H and O–H groups in total. The smallest absolute Gasteiger partial charge is 0.209 e. The highest BCUT2D eigenvalue weighted by Crippen LogP contribution is 2.26. The van der Waals surface area contributed by atoms with E-state index in [4.69, 9.17) is 33.4 Å². The molecule has 2 aromatic carbocycles. The van der Waals surface area contributed by atoms with Crippen molar-refractivity contribution >= 4 is 35.0 Å². The van der Waals surface area contributed by atoms with Crippen LogP contribution in [-0.4, -0.2) is 47.5 Å². The van der Waals surface area contributed by atoms with Crippen LogP contribution in [0.2, 0.25) is 10.0 Å². The zero-order chi connectivity index (χ0) is 21.6. The zero-order valence-corrected chi connectivity index (χ0v) is 19.1. The fourth-order valence-electron chi connectivity index (χ4n) is 2.98. The molecule has 0 saturated heterocycles. The van der Waals surface area contributed by atoms with Gasteiger partial charge in [0, 0.05) is 47.1 Å². The molecule has 0 atom stereocenters. The SMILES string of the molecule is Cn1nnnc1SCCNCc1nn(Cc2c(Cl)cccc2Cl)nc1-c1ccccc1. The summed E-state index contributed by atoms with van der Waals surface area (Å²) in [7, 11) is 1.82. The number of benzene rings is 2. The lowest BCUT2D eigenvalue weighted by molar-refractivity contribution is 0.579. The standard InChI is InChI=1S/C20H20Cl2N8S/c1-29-20(24-27-28-29)31-11-10-23-12-18-19(14-6-3-2-4-7-14)26-30(25-18)13-15-16(21)8-5-9-17(15)22/h2-9,23H,10-13H2,1H3. The van der Waals surface area contributed by atoms with E-state index in [0.717, 1.165) is 40.0 Å². The Morgan fingerprint density at radius 1 is 1.00 bits per heavy atom. The van der Waals surface area contributed by atoms with Crippen LogP contribution in [-0.2, 0) is 20.1 Å². The summed E-state index contributed by atoms with van der Waals surface area (Å²) in [6.45, 7) is 1.75. The fraction of sp³-hybridized carbons (Fsp3) is 0.250. The van der Waals surface area contributed by atoms with Gasteiger partial charge in [-0.2, -0.15) is 15.0 Å². The predicted molar refractivity (Wildman–Crippen MR) is 122 cm³/mol. The molecule has 11 heteroatoms. The van der Waals surface area contributed by atoms with E-state index < -0.39 is 0 Å². The molecule has 0 aliphatic carbocycles. The van der Waals surface area contributed by atoms with Gasteiger partial charge in [-0.05, 0) is 22.6 Å². The number of thioether (sulfide) groups is 1. The summed E-state index contributed by atoms with van der Waals surface area (Å²) in [6.07, 6.45) is 0. The maximum atomic E-state index is 6.33. The quantitative estimate of drug-likeness (QED) is 0.292. The number of halogens is 2. The Morgan fingerprint density at radius 3 is 2.48 bits per heavy atom. The van der Waals surface area contributed by atoms with Gasteiger partial charge in [0.05, 0.1) is 6.54 Å². The first kappa shape index (κ1) is 21.8. The largest absolute Gasteiger partial charge is 0.310 e. The Morgan fingerprint density at radius 2 is 1.77 bits per heavy atom.